The third-order valence-corrected chi connectivity index (χ3v) is 7.24. The van der Waals surface area contributed by atoms with Gasteiger partial charge >= 0.3 is 0 Å². The van der Waals surface area contributed by atoms with Crippen LogP contribution in [0.15, 0.2) is 108 Å². The summed E-state index contributed by atoms with van der Waals surface area (Å²) in [6.07, 6.45) is 1.61. The minimum atomic E-state index is -0.474. The maximum Gasteiger partial charge on any atom is 0.272 e. The number of methoxy groups -OCH3 is 1. The van der Waals surface area contributed by atoms with E-state index in [1.807, 2.05) is 50.2 Å². The zero-order valence-corrected chi connectivity index (χ0v) is 23.9. The summed E-state index contributed by atoms with van der Waals surface area (Å²) in [5.74, 6) is -0.0383. The van der Waals surface area contributed by atoms with Crippen LogP contribution in [0.5, 0.6) is 5.75 Å². The molecule has 208 valence electrons. The highest BCUT2D eigenvalue weighted by molar-refractivity contribution is 8.00. The van der Waals surface area contributed by atoms with Crippen molar-refractivity contribution >= 4 is 46.9 Å². The maximum atomic E-state index is 13.2. The number of hydrogen-bond donors (Lipinski definition) is 3. The van der Waals surface area contributed by atoms with Gasteiger partial charge in [-0.1, -0.05) is 36.4 Å². The van der Waals surface area contributed by atoms with Crippen molar-refractivity contribution in [1.29, 1.82) is 0 Å². The van der Waals surface area contributed by atoms with Crippen molar-refractivity contribution in [3.05, 3.63) is 125 Å². The van der Waals surface area contributed by atoms with E-state index in [1.165, 1.54) is 17.3 Å². The predicted octanol–water partition coefficient (Wildman–Crippen LogP) is 6.45. The molecule has 0 aromatic heterocycles. The Balaban J connectivity index is 1.40. The van der Waals surface area contributed by atoms with Gasteiger partial charge in [0.2, 0.25) is 5.91 Å². The number of amides is 3. The van der Waals surface area contributed by atoms with Crippen LogP contribution in [0, 0.1) is 13.8 Å². The number of aryl methyl sites for hydroxylation is 2. The number of thioether (sulfide) groups is 1. The van der Waals surface area contributed by atoms with Crippen molar-refractivity contribution in [1.82, 2.24) is 5.32 Å². The second kappa shape index (κ2) is 14.0. The van der Waals surface area contributed by atoms with Gasteiger partial charge in [-0.2, -0.15) is 0 Å². The molecular formula is C33H31N3O4S. The van der Waals surface area contributed by atoms with Gasteiger partial charge in [0, 0.05) is 21.8 Å². The van der Waals surface area contributed by atoms with Crippen LogP contribution >= 0.6 is 11.8 Å². The molecule has 41 heavy (non-hydrogen) atoms. The molecule has 3 N–H and O–H groups in total. The van der Waals surface area contributed by atoms with Crippen molar-refractivity contribution in [3.8, 4) is 5.75 Å². The van der Waals surface area contributed by atoms with Crippen molar-refractivity contribution in [2.75, 3.05) is 23.5 Å². The Labute approximate surface area is 244 Å². The van der Waals surface area contributed by atoms with E-state index in [-0.39, 0.29) is 17.4 Å². The zero-order chi connectivity index (χ0) is 29.2. The molecule has 4 aromatic rings. The molecule has 4 aromatic carbocycles. The highest BCUT2D eigenvalue weighted by Gasteiger charge is 2.15. The van der Waals surface area contributed by atoms with Crippen LogP contribution in [-0.2, 0) is 9.59 Å². The first-order valence-electron chi connectivity index (χ1n) is 12.9. The Morgan fingerprint density at radius 2 is 1.46 bits per heavy atom. The molecule has 0 fully saturated rings. The Bertz CT molecular complexity index is 1550. The molecule has 0 bridgehead atoms. The zero-order valence-electron chi connectivity index (χ0n) is 23.1. The highest BCUT2D eigenvalue weighted by atomic mass is 32.2. The molecule has 3 amide bonds. The summed E-state index contributed by atoms with van der Waals surface area (Å²) in [6, 6.07) is 28.8. The number of anilines is 2. The van der Waals surface area contributed by atoms with Gasteiger partial charge in [0.1, 0.15) is 11.4 Å². The summed E-state index contributed by atoms with van der Waals surface area (Å²) < 4.78 is 5.20. The Kier molecular flexibility index (Phi) is 9.96. The smallest absolute Gasteiger partial charge is 0.272 e. The van der Waals surface area contributed by atoms with Crippen LogP contribution in [0.3, 0.4) is 0 Å². The molecule has 0 atom stereocenters. The number of carbonyl (C=O) groups excluding carboxylic acids is 3. The third kappa shape index (κ3) is 8.58. The molecule has 0 aliphatic carbocycles. The number of ether oxygens (including phenoxy) is 1. The van der Waals surface area contributed by atoms with Gasteiger partial charge in [0.15, 0.2) is 0 Å². The van der Waals surface area contributed by atoms with Gasteiger partial charge in [-0.3, -0.25) is 14.4 Å². The summed E-state index contributed by atoms with van der Waals surface area (Å²) in [5.41, 5.74) is 4.86. The molecule has 0 saturated carbocycles. The number of carbonyl (C=O) groups is 3. The summed E-state index contributed by atoms with van der Waals surface area (Å²) in [5, 5.41) is 8.49. The van der Waals surface area contributed by atoms with E-state index in [1.54, 1.807) is 73.8 Å². The molecule has 0 saturated heterocycles. The Morgan fingerprint density at radius 1 is 0.780 bits per heavy atom. The third-order valence-electron chi connectivity index (χ3n) is 6.23. The Morgan fingerprint density at radius 3 is 2.12 bits per heavy atom. The van der Waals surface area contributed by atoms with Crippen molar-refractivity contribution in [2.24, 2.45) is 0 Å². The molecule has 4 rings (SSSR count). The molecule has 7 nitrogen and oxygen atoms in total. The van der Waals surface area contributed by atoms with Crippen molar-refractivity contribution in [3.63, 3.8) is 0 Å². The highest BCUT2D eigenvalue weighted by Crippen LogP contribution is 2.22. The van der Waals surface area contributed by atoms with Crippen LogP contribution in [0.25, 0.3) is 6.08 Å². The quantitative estimate of drug-likeness (QED) is 0.152. The van der Waals surface area contributed by atoms with E-state index in [9.17, 15) is 14.4 Å². The van der Waals surface area contributed by atoms with E-state index in [0.29, 0.717) is 17.0 Å². The normalized spacial score (nSPS) is 11.0. The topological polar surface area (TPSA) is 96.5 Å². The second-order valence-electron chi connectivity index (χ2n) is 9.27. The van der Waals surface area contributed by atoms with Crippen LogP contribution in [-0.4, -0.2) is 30.6 Å². The van der Waals surface area contributed by atoms with Gasteiger partial charge < -0.3 is 20.7 Å². The molecule has 8 heteroatoms. The Hall–Kier alpha value is -4.82. The standard InChI is InChI=1S/C33H31N3O4S/c1-22-9-12-27(19-23(22)2)34-31(37)21-41-29-17-13-26(14-18-29)35-33(39)30(20-24-10-15-28(40-3)16-11-24)36-32(38)25-7-5-4-6-8-25/h4-20H,21H2,1-3H3,(H,34,37)(H,35,39)(H,36,38)/b30-20-. The average molecular weight is 566 g/mol. The van der Waals surface area contributed by atoms with Gasteiger partial charge in [0.05, 0.1) is 12.9 Å². The van der Waals surface area contributed by atoms with Gasteiger partial charge in [-0.05, 0) is 97.3 Å². The van der Waals surface area contributed by atoms with Crippen molar-refractivity contribution in [2.45, 2.75) is 18.7 Å². The predicted molar refractivity (Wildman–Crippen MR) is 165 cm³/mol. The first kappa shape index (κ1) is 29.2. The monoisotopic (exact) mass is 565 g/mol. The minimum Gasteiger partial charge on any atom is -0.497 e. The van der Waals surface area contributed by atoms with Crippen LogP contribution in [0.1, 0.15) is 27.0 Å². The average Bonchev–Trinajstić information content (AvgIpc) is 2.99. The number of rotatable bonds is 10. The molecule has 0 aliphatic rings. The number of nitrogens with one attached hydrogen (secondary N) is 3. The van der Waals surface area contributed by atoms with Gasteiger partial charge in [-0.25, -0.2) is 0 Å². The lowest BCUT2D eigenvalue weighted by Gasteiger charge is -2.12. The number of benzene rings is 4. The van der Waals surface area contributed by atoms with Crippen LogP contribution in [0.4, 0.5) is 11.4 Å². The fraction of sp³-hybridized carbons (Fsp3) is 0.121. The van der Waals surface area contributed by atoms with Crippen LogP contribution < -0.4 is 20.7 Å². The van der Waals surface area contributed by atoms with E-state index >= 15 is 0 Å². The second-order valence-corrected chi connectivity index (χ2v) is 10.3. The first-order valence-corrected chi connectivity index (χ1v) is 13.9. The maximum absolute atomic E-state index is 13.2. The molecule has 0 radical (unpaired) electrons. The SMILES string of the molecule is COc1ccc(/C=C(\NC(=O)c2ccccc2)C(=O)Nc2ccc(SCC(=O)Nc3ccc(C)c(C)c3)cc2)cc1. The minimum absolute atomic E-state index is 0.0884. The lowest BCUT2D eigenvalue weighted by atomic mass is 10.1. The van der Waals surface area contributed by atoms with E-state index < -0.39 is 11.8 Å². The fourth-order valence-corrected chi connectivity index (χ4v) is 4.51. The number of hydrogen-bond acceptors (Lipinski definition) is 5. The summed E-state index contributed by atoms with van der Waals surface area (Å²) in [4.78, 5) is 39.4. The van der Waals surface area contributed by atoms with E-state index in [0.717, 1.165) is 21.7 Å². The summed E-state index contributed by atoms with van der Waals surface area (Å²) >= 11 is 1.40. The van der Waals surface area contributed by atoms with Gasteiger partial charge in [-0.15, -0.1) is 11.8 Å². The fourth-order valence-electron chi connectivity index (χ4n) is 3.81. The van der Waals surface area contributed by atoms with Gasteiger partial charge in [0.25, 0.3) is 11.8 Å². The molecule has 0 unspecified atom stereocenters. The van der Waals surface area contributed by atoms with Crippen LogP contribution in [0.2, 0.25) is 0 Å². The lowest BCUT2D eigenvalue weighted by molar-refractivity contribution is -0.114. The molecular weight excluding hydrogens is 534 g/mol. The first-order chi connectivity index (χ1) is 19.8. The molecule has 0 spiro atoms. The lowest BCUT2D eigenvalue weighted by Crippen LogP contribution is -2.30. The van der Waals surface area contributed by atoms with E-state index in [4.69, 9.17) is 4.74 Å². The summed E-state index contributed by atoms with van der Waals surface area (Å²) in [7, 11) is 1.58. The largest absolute Gasteiger partial charge is 0.497 e. The van der Waals surface area contributed by atoms with Crippen molar-refractivity contribution < 1.29 is 19.1 Å². The summed E-state index contributed by atoms with van der Waals surface area (Å²) in [6.45, 7) is 4.04. The van der Waals surface area contributed by atoms with E-state index in [2.05, 4.69) is 16.0 Å². The molecule has 0 heterocycles. The molecule has 0 aliphatic heterocycles.